The average Bonchev–Trinajstić information content (AvgIpc) is 2.15. The van der Waals surface area contributed by atoms with Gasteiger partial charge in [0.05, 0.1) is 6.20 Å². The van der Waals surface area contributed by atoms with Gasteiger partial charge in [-0.2, -0.15) is 0 Å². The van der Waals surface area contributed by atoms with Crippen LogP contribution in [-0.2, 0) is 0 Å². The average molecular weight is 194 g/mol. The molecule has 0 amide bonds. The van der Waals surface area contributed by atoms with E-state index in [2.05, 4.69) is 17.2 Å². The highest BCUT2D eigenvalue weighted by Gasteiger charge is 2.34. The number of halogens is 1. The first-order valence-corrected chi connectivity index (χ1v) is 5.14. The van der Waals surface area contributed by atoms with Crippen molar-refractivity contribution in [2.45, 2.75) is 38.1 Å². The second kappa shape index (κ2) is 3.56. The molecule has 0 spiro atoms. The number of aromatic nitrogens is 1. The summed E-state index contributed by atoms with van der Waals surface area (Å²) in [6.07, 6.45) is 6.03. The Morgan fingerprint density at radius 3 is 2.71 bits per heavy atom. The summed E-state index contributed by atoms with van der Waals surface area (Å²) in [5, 5.41) is 3.39. The maximum absolute atomic E-state index is 12.6. The van der Waals surface area contributed by atoms with Gasteiger partial charge in [-0.25, -0.2) is 9.37 Å². The highest BCUT2D eigenvalue weighted by Crippen LogP contribution is 2.37. The summed E-state index contributed by atoms with van der Waals surface area (Å²) in [5.41, 5.74) is 0.227. The number of pyridine rings is 1. The first-order chi connectivity index (χ1) is 6.74. The zero-order chi connectivity index (χ0) is 10.0. The lowest BCUT2D eigenvalue weighted by atomic mass is 9.75. The number of rotatable bonds is 3. The third kappa shape index (κ3) is 1.72. The zero-order valence-corrected chi connectivity index (χ0v) is 8.39. The fourth-order valence-electron chi connectivity index (χ4n) is 1.89. The van der Waals surface area contributed by atoms with Crippen molar-refractivity contribution in [1.82, 2.24) is 4.98 Å². The molecule has 1 heterocycles. The number of nitrogens with one attached hydrogen (secondary N) is 1. The predicted octanol–water partition coefficient (Wildman–Crippen LogP) is 2.97. The molecule has 1 aliphatic carbocycles. The van der Waals surface area contributed by atoms with E-state index in [1.807, 2.05) is 0 Å². The molecule has 2 rings (SSSR count). The minimum Gasteiger partial charge on any atom is -0.365 e. The molecule has 0 bridgehead atoms. The van der Waals surface area contributed by atoms with Gasteiger partial charge in [0, 0.05) is 5.54 Å². The zero-order valence-electron chi connectivity index (χ0n) is 8.39. The number of hydrogen-bond acceptors (Lipinski definition) is 2. The Balaban J connectivity index is 2.06. The molecule has 1 N–H and O–H groups in total. The van der Waals surface area contributed by atoms with E-state index in [0.717, 1.165) is 12.2 Å². The summed E-state index contributed by atoms with van der Waals surface area (Å²) in [7, 11) is 0. The molecule has 1 saturated carbocycles. The molecular weight excluding hydrogens is 179 g/mol. The molecule has 1 aromatic rings. The molecule has 2 nitrogen and oxygen atoms in total. The first kappa shape index (κ1) is 9.44. The Morgan fingerprint density at radius 2 is 2.29 bits per heavy atom. The van der Waals surface area contributed by atoms with Crippen LogP contribution in [-0.4, -0.2) is 10.5 Å². The van der Waals surface area contributed by atoms with Gasteiger partial charge in [0.2, 0.25) is 0 Å². The fourth-order valence-corrected chi connectivity index (χ4v) is 1.89. The number of anilines is 1. The van der Waals surface area contributed by atoms with Crippen LogP contribution in [0.1, 0.15) is 32.6 Å². The molecule has 0 radical (unpaired) electrons. The Labute approximate surface area is 83.6 Å². The molecule has 1 fully saturated rings. The number of nitrogens with zero attached hydrogens (tertiary/aromatic N) is 1. The van der Waals surface area contributed by atoms with Gasteiger partial charge < -0.3 is 5.32 Å². The molecule has 0 aromatic carbocycles. The minimum atomic E-state index is -0.283. The molecule has 76 valence electrons. The molecule has 14 heavy (non-hydrogen) atoms. The van der Waals surface area contributed by atoms with Gasteiger partial charge in [0.25, 0.3) is 0 Å². The summed E-state index contributed by atoms with van der Waals surface area (Å²) >= 11 is 0. The highest BCUT2D eigenvalue weighted by molar-refractivity contribution is 5.38. The lowest BCUT2D eigenvalue weighted by Crippen LogP contribution is -2.44. The van der Waals surface area contributed by atoms with Crippen LogP contribution in [0.2, 0.25) is 0 Å². The van der Waals surface area contributed by atoms with Crippen molar-refractivity contribution in [1.29, 1.82) is 0 Å². The third-order valence-electron chi connectivity index (χ3n) is 3.11. The smallest absolute Gasteiger partial charge is 0.141 e. The van der Waals surface area contributed by atoms with Gasteiger partial charge in [-0.05, 0) is 37.8 Å². The summed E-state index contributed by atoms with van der Waals surface area (Å²) in [4.78, 5) is 4.01. The van der Waals surface area contributed by atoms with Crippen molar-refractivity contribution in [2.75, 3.05) is 5.32 Å². The predicted molar refractivity (Wildman–Crippen MR) is 54.7 cm³/mol. The van der Waals surface area contributed by atoms with Crippen molar-refractivity contribution < 1.29 is 4.39 Å². The molecule has 0 unspecified atom stereocenters. The van der Waals surface area contributed by atoms with E-state index in [9.17, 15) is 4.39 Å². The monoisotopic (exact) mass is 194 g/mol. The van der Waals surface area contributed by atoms with E-state index in [4.69, 9.17) is 0 Å². The Kier molecular flexibility index (Phi) is 2.40. The van der Waals surface area contributed by atoms with E-state index >= 15 is 0 Å². The van der Waals surface area contributed by atoms with Crippen LogP contribution in [0.4, 0.5) is 10.2 Å². The minimum absolute atomic E-state index is 0.227. The molecule has 1 aromatic heterocycles. The Bertz CT molecular complexity index is 298. The SMILES string of the molecule is CCC1(Nc2ccc(F)cn2)CCC1. The van der Waals surface area contributed by atoms with E-state index in [1.54, 1.807) is 6.07 Å². The summed E-state index contributed by atoms with van der Waals surface area (Å²) < 4.78 is 12.6. The molecular formula is C11H15FN2. The van der Waals surface area contributed by atoms with Gasteiger partial charge in [0.1, 0.15) is 11.6 Å². The summed E-state index contributed by atoms with van der Waals surface area (Å²) in [5.74, 6) is 0.502. The van der Waals surface area contributed by atoms with Gasteiger partial charge in [-0.15, -0.1) is 0 Å². The number of hydrogen-bond donors (Lipinski definition) is 1. The molecule has 3 heteroatoms. The second-order valence-electron chi connectivity index (χ2n) is 3.97. The summed E-state index contributed by atoms with van der Waals surface area (Å²) in [6, 6.07) is 3.14. The van der Waals surface area contributed by atoms with Gasteiger partial charge >= 0.3 is 0 Å². The Morgan fingerprint density at radius 1 is 1.50 bits per heavy atom. The molecule has 0 saturated heterocycles. The normalized spacial score (nSPS) is 18.7. The van der Waals surface area contributed by atoms with Crippen molar-refractivity contribution in [3.63, 3.8) is 0 Å². The van der Waals surface area contributed by atoms with Crippen LogP contribution in [0.25, 0.3) is 0 Å². The standard InChI is InChI=1S/C11H15FN2/c1-2-11(6-3-7-11)14-10-5-4-9(12)8-13-10/h4-5,8H,2-3,6-7H2,1H3,(H,13,14). The summed E-state index contributed by atoms with van der Waals surface area (Å²) in [6.45, 7) is 2.18. The first-order valence-electron chi connectivity index (χ1n) is 5.14. The Hall–Kier alpha value is -1.12. The highest BCUT2D eigenvalue weighted by atomic mass is 19.1. The maximum Gasteiger partial charge on any atom is 0.141 e. The third-order valence-corrected chi connectivity index (χ3v) is 3.11. The van der Waals surface area contributed by atoms with Crippen LogP contribution >= 0.6 is 0 Å². The van der Waals surface area contributed by atoms with Crippen molar-refractivity contribution in [2.24, 2.45) is 0 Å². The van der Waals surface area contributed by atoms with Gasteiger partial charge in [-0.3, -0.25) is 0 Å². The van der Waals surface area contributed by atoms with Crippen LogP contribution in [0.3, 0.4) is 0 Å². The van der Waals surface area contributed by atoms with E-state index in [-0.39, 0.29) is 11.4 Å². The topological polar surface area (TPSA) is 24.9 Å². The largest absolute Gasteiger partial charge is 0.365 e. The quantitative estimate of drug-likeness (QED) is 0.800. The van der Waals surface area contributed by atoms with E-state index in [0.29, 0.717) is 0 Å². The molecule has 0 aliphatic heterocycles. The molecule has 1 aliphatic rings. The van der Waals surface area contributed by atoms with Crippen LogP contribution < -0.4 is 5.32 Å². The van der Waals surface area contributed by atoms with E-state index in [1.165, 1.54) is 31.5 Å². The lowest BCUT2D eigenvalue weighted by Gasteiger charge is -2.42. The second-order valence-corrected chi connectivity index (χ2v) is 3.97. The maximum atomic E-state index is 12.6. The lowest BCUT2D eigenvalue weighted by molar-refractivity contribution is 0.269. The van der Waals surface area contributed by atoms with Crippen LogP contribution in [0, 0.1) is 5.82 Å². The molecule has 0 atom stereocenters. The van der Waals surface area contributed by atoms with Crippen molar-refractivity contribution in [3.8, 4) is 0 Å². The fraction of sp³-hybridized carbons (Fsp3) is 0.545. The van der Waals surface area contributed by atoms with Gasteiger partial charge in [0.15, 0.2) is 0 Å². The van der Waals surface area contributed by atoms with E-state index < -0.39 is 0 Å². The van der Waals surface area contributed by atoms with Crippen LogP contribution in [0.5, 0.6) is 0 Å². The van der Waals surface area contributed by atoms with Crippen LogP contribution in [0.15, 0.2) is 18.3 Å². The van der Waals surface area contributed by atoms with Crippen molar-refractivity contribution >= 4 is 5.82 Å². The van der Waals surface area contributed by atoms with Crippen molar-refractivity contribution in [3.05, 3.63) is 24.1 Å². The van der Waals surface area contributed by atoms with Gasteiger partial charge in [-0.1, -0.05) is 6.92 Å².